The standard InChI is InChI=1S/C13H10F3N/c14-11-3-1-8(7-17)5-10(11)9-2-4-12(15)13(16)6-9/h1-6H,7,17H2. The average molecular weight is 237 g/mol. The molecule has 0 saturated heterocycles. The van der Waals surface area contributed by atoms with Crippen molar-refractivity contribution in [3.63, 3.8) is 0 Å². The van der Waals surface area contributed by atoms with Gasteiger partial charge in [-0.3, -0.25) is 0 Å². The summed E-state index contributed by atoms with van der Waals surface area (Å²) in [5, 5.41) is 0. The molecule has 2 aromatic carbocycles. The van der Waals surface area contributed by atoms with Crippen LogP contribution in [0.25, 0.3) is 11.1 Å². The van der Waals surface area contributed by atoms with E-state index in [1.54, 1.807) is 6.07 Å². The highest BCUT2D eigenvalue weighted by molar-refractivity contribution is 5.65. The molecular formula is C13H10F3N. The molecule has 0 heterocycles. The summed E-state index contributed by atoms with van der Waals surface area (Å²) in [6.07, 6.45) is 0. The van der Waals surface area contributed by atoms with Gasteiger partial charge in [-0.25, -0.2) is 13.2 Å². The maximum absolute atomic E-state index is 13.6. The van der Waals surface area contributed by atoms with Crippen LogP contribution >= 0.6 is 0 Å². The van der Waals surface area contributed by atoms with Crippen molar-refractivity contribution in [2.45, 2.75) is 6.54 Å². The van der Waals surface area contributed by atoms with E-state index in [9.17, 15) is 13.2 Å². The Labute approximate surface area is 96.7 Å². The molecule has 0 aromatic heterocycles. The van der Waals surface area contributed by atoms with E-state index in [0.29, 0.717) is 0 Å². The number of hydrogen-bond acceptors (Lipinski definition) is 1. The van der Waals surface area contributed by atoms with E-state index in [1.807, 2.05) is 0 Å². The fraction of sp³-hybridized carbons (Fsp3) is 0.0769. The van der Waals surface area contributed by atoms with Gasteiger partial charge in [-0.2, -0.15) is 0 Å². The number of rotatable bonds is 2. The van der Waals surface area contributed by atoms with E-state index in [1.165, 1.54) is 18.2 Å². The van der Waals surface area contributed by atoms with Crippen molar-refractivity contribution < 1.29 is 13.2 Å². The Hall–Kier alpha value is -1.81. The molecule has 17 heavy (non-hydrogen) atoms. The highest BCUT2D eigenvalue weighted by Crippen LogP contribution is 2.25. The third-order valence-corrected chi connectivity index (χ3v) is 2.50. The Morgan fingerprint density at radius 3 is 2.18 bits per heavy atom. The Morgan fingerprint density at radius 1 is 0.824 bits per heavy atom. The van der Waals surface area contributed by atoms with Crippen molar-refractivity contribution in [3.05, 3.63) is 59.4 Å². The van der Waals surface area contributed by atoms with Crippen LogP contribution in [0.4, 0.5) is 13.2 Å². The molecule has 2 aromatic rings. The van der Waals surface area contributed by atoms with Crippen LogP contribution in [0, 0.1) is 17.5 Å². The Balaban J connectivity index is 2.55. The van der Waals surface area contributed by atoms with Crippen molar-refractivity contribution in [2.24, 2.45) is 5.73 Å². The maximum Gasteiger partial charge on any atom is 0.159 e. The van der Waals surface area contributed by atoms with Crippen LogP contribution in [0.1, 0.15) is 5.56 Å². The number of hydrogen-bond donors (Lipinski definition) is 1. The second kappa shape index (κ2) is 4.59. The second-order valence-electron chi connectivity index (χ2n) is 3.65. The lowest BCUT2D eigenvalue weighted by Gasteiger charge is -2.06. The minimum Gasteiger partial charge on any atom is -0.326 e. The minimum absolute atomic E-state index is 0.215. The average Bonchev–Trinajstić information content (AvgIpc) is 2.33. The molecule has 0 aliphatic carbocycles. The first-order chi connectivity index (χ1) is 8.11. The summed E-state index contributed by atoms with van der Waals surface area (Å²) in [7, 11) is 0. The summed E-state index contributed by atoms with van der Waals surface area (Å²) in [5.41, 5.74) is 6.68. The summed E-state index contributed by atoms with van der Waals surface area (Å²) < 4.78 is 39.4. The summed E-state index contributed by atoms with van der Waals surface area (Å²) in [6, 6.07) is 7.61. The highest BCUT2D eigenvalue weighted by Gasteiger charge is 2.09. The fourth-order valence-electron chi connectivity index (χ4n) is 1.58. The van der Waals surface area contributed by atoms with Crippen LogP contribution in [0.5, 0.6) is 0 Å². The van der Waals surface area contributed by atoms with Gasteiger partial charge in [-0.15, -0.1) is 0 Å². The van der Waals surface area contributed by atoms with Crippen LogP contribution < -0.4 is 5.73 Å². The molecule has 0 bridgehead atoms. The Kier molecular flexibility index (Phi) is 3.15. The largest absolute Gasteiger partial charge is 0.326 e. The van der Waals surface area contributed by atoms with Crippen LogP contribution in [-0.2, 0) is 6.54 Å². The van der Waals surface area contributed by atoms with Crippen molar-refractivity contribution in [1.82, 2.24) is 0 Å². The number of benzene rings is 2. The van der Waals surface area contributed by atoms with Crippen molar-refractivity contribution in [3.8, 4) is 11.1 Å². The second-order valence-corrected chi connectivity index (χ2v) is 3.65. The Morgan fingerprint density at radius 2 is 1.53 bits per heavy atom. The van der Waals surface area contributed by atoms with Crippen molar-refractivity contribution in [2.75, 3.05) is 0 Å². The molecule has 0 fully saturated rings. The molecule has 0 unspecified atom stereocenters. The van der Waals surface area contributed by atoms with E-state index in [2.05, 4.69) is 0 Å². The van der Waals surface area contributed by atoms with Gasteiger partial charge in [0.2, 0.25) is 0 Å². The quantitative estimate of drug-likeness (QED) is 0.852. The van der Waals surface area contributed by atoms with E-state index < -0.39 is 17.5 Å². The number of halogens is 3. The lowest BCUT2D eigenvalue weighted by atomic mass is 10.0. The molecular weight excluding hydrogens is 227 g/mol. The molecule has 0 aliphatic heterocycles. The normalized spacial score (nSPS) is 10.6. The van der Waals surface area contributed by atoms with Crippen molar-refractivity contribution in [1.29, 1.82) is 0 Å². The van der Waals surface area contributed by atoms with Gasteiger partial charge in [0.15, 0.2) is 11.6 Å². The van der Waals surface area contributed by atoms with E-state index in [0.717, 1.165) is 17.7 Å². The zero-order chi connectivity index (χ0) is 12.4. The van der Waals surface area contributed by atoms with Gasteiger partial charge in [-0.1, -0.05) is 12.1 Å². The molecule has 88 valence electrons. The van der Waals surface area contributed by atoms with Gasteiger partial charge in [0, 0.05) is 12.1 Å². The molecule has 0 saturated carbocycles. The SMILES string of the molecule is NCc1ccc(F)c(-c2ccc(F)c(F)c2)c1. The molecule has 0 radical (unpaired) electrons. The van der Waals surface area contributed by atoms with Gasteiger partial charge >= 0.3 is 0 Å². The molecule has 1 nitrogen and oxygen atoms in total. The number of nitrogens with two attached hydrogens (primary N) is 1. The molecule has 0 aliphatic rings. The molecule has 4 heteroatoms. The summed E-state index contributed by atoms with van der Waals surface area (Å²) in [5.74, 6) is -2.45. The first kappa shape index (κ1) is 11.7. The van der Waals surface area contributed by atoms with Gasteiger partial charge < -0.3 is 5.73 Å². The predicted octanol–water partition coefficient (Wildman–Crippen LogP) is 3.23. The zero-order valence-corrected chi connectivity index (χ0v) is 8.88. The van der Waals surface area contributed by atoms with E-state index in [4.69, 9.17) is 5.73 Å². The first-order valence-electron chi connectivity index (χ1n) is 5.05. The van der Waals surface area contributed by atoms with Crippen LogP contribution in [-0.4, -0.2) is 0 Å². The molecule has 2 N–H and O–H groups in total. The summed E-state index contributed by atoms with van der Waals surface area (Å²) >= 11 is 0. The van der Waals surface area contributed by atoms with Crippen molar-refractivity contribution >= 4 is 0 Å². The molecule has 0 atom stereocenters. The zero-order valence-electron chi connectivity index (χ0n) is 8.88. The van der Waals surface area contributed by atoms with Gasteiger partial charge in [-0.05, 0) is 35.4 Å². The molecule has 2 rings (SSSR count). The predicted molar refractivity (Wildman–Crippen MR) is 59.6 cm³/mol. The van der Waals surface area contributed by atoms with Crippen LogP contribution in [0.2, 0.25) is 0 Å². The highest BCUT2D eigenvalue weighted by atomic mass is 19.2. The maximum atomic E-state index is 13.6. The topological polar surface area (TPSA) is 26.0 Å². The van der Waals surface area contributed by atoms with E-state index >= 15 is 0 Å². The minimum atomic E-state index is -1.000. The van der Waals surface area contributed by atoms with E-state index in [-0.39, 0.29) is 17.7 Å². The lowest BCUT2D eigenvalue weighted by Crippen LogP contribution is -1.97. The third kappa shape index (κ3) is 2.31. The van der Waals surface area contributed by atoms with Crippen LogP contribution in [0.3, 0.4) is 0 Å². The lowest BCUT2D eigenvalue weighted by molar-refractivity contribution is 0.509. The summed E-state index contributed by atoms with van der Waals surface area (Å²) in [4.78, 5) is 0. The smallest absolute Gasteiger partial charge is 0.159 e. The first-order valence-corrected chi connectivity index (χ1v) is 5.05. The summed E-state index contributed by atoms with van der Waals surface area (Å²) in [6.45, 7) is 0.261. The fourth-order valence-corrected chi connectivity index (χ4v) is 1.58. The van der Waals surface area contributed by atoms with Gasteiger partial charge in [0.05, 0.1) is 0 Å². The molecule has 0 amide bonds. The Bertz CT molecular complexity index is 552. The monoisotopic (exact) mass is 237 g/mol. The molecule has 0 spiro atoms. The van der Waals surface area contributed by atoms with Crippen LogP contribution in [0.15, 0.2) is 36.4 Å². The third-order valence-electron chi connectivity index (χ3n) is 2.50. The van der Waals surface area contributed by atoms with Gasteiger partial charge in [0.1, 0.15) is 5.82 Å². The van der Waals surface area contributed by atoms with Gasteiger partial charge in [0.25, 0.3) is 0 Å².